The van der Waals surface area contributed by atoms with Gasteiger partial charge in [0.25, 0.3) is 0 Å². The predicted octanol–water partition coefficient (Wildman–Crippen LogP) is 2.54. The highest BCUT2D eigenvalue weighted by molar-refractivity contribution is 5.83. The van der Waals surface area contributed by atoms with Crippen LogP contribution in [0, 0.1) is 0 Å². The summed E-state index contributed by atoms with van der Waals surface area (Å²) in [5.74, 6) is 0. The highest BCUT2D eigenvalue weighted by atomic mass is 16.3. The average Bonchev–Trinajstić information content (AvgIpc) is 2.58. The number of hydrogen-bond acceptors (Lipinski definition) is 1. The average molecular weight is 189 g/mol. The van der Waals surface area contributed by atoms with Crippen LogP contribution in [0.3, 0.4) is 0 Å². The van der Waals surface area contributed by atoms with Gasteiger partial charge in [0.05, 0.1) is 6.61 Å². The fourth-order valence-electron chi connectivity index (χ4n) is 1.87. The number of aryl methyl sites for hydroxylation is 1. The second-order valence-corrected chi connectivity index (χ2v) is 3.52. The number of aliphatic hydroxyl groups is 1. The van der Waals surface area contributed by atoms with Crippen LogP contribution in [0.1, 0.15) is 18.9 Å². The third kappa shape index (κ3) is 1.42. The van der Waals surface area contributed by atoms with Gasteiger partial charge in [0.15, 0.2) is 0 Å². The van der Waals surface area contributed by atoms with Gasteiger partial charge in [-0.15, -0.1) is 0 Å². The molecule has 0 amide bonds. The highest BCUT2D eigenvalue weighted by Gasteiger charge is 2.05. The molecular formula is C12H15NO. The van der Waals surface area contributed by atoms with E-state index in [9.17, 15) is 5.11 Å². The lowest BCUT2D eigenvalue weighted by molar-refractivity contribution is 0.283. The molecule has 2 nitrogen and oxygen atoms in total. The molecule has 0 aliphatic rings. The van der Waals surface area contributed by atoms with E-state index in [1.54, 1.807) is 0 Å². The van der Waals surface area contributed by atoms with Crippen molar-refractivity contribution >= 4 is 10.9 Å². The Morgan fingerprint density at radius 3 is 2.79 bits per heavy atom. The molecule has 0 unspecified atom stereocenters. The van der Waals surface area contributed by atoms with Crippen LogP contribution in [-0.4, -0.2) is 9.67 Å². The second kappa shape index (κ2) is 3.84. The lowest BCUT2D eigenvalue weighted by atomic mass is 10.2. The summed E-state index contributed by atoms with van der Waals surface area (Å²) < 4.78 is 2.21. The van der Waals surface area contributed by atoms with E-state index in [4.69, 9.17) is 0 Å². The first-order valence-corrected chi connectivity index (χ1v) is 5.04. The van der Waals surface area contributed by atoms with Gasteiger partial charge in [-0.05, 0) is 12.5 Å². The Hall–Kier alpha value is -1.28. The highest BCUT2D eigenvalue weighted by Crippen LogP contribution is 2.21. The summed E-state index contributed by atoms with van der Waals surface area (Å²) >= 11 is 0. The van der Waals surface area contributed by atoms with Gasteiger partial charge in [0.2, 0.25) is 0 Å². The molecule has 0 radical (unpaired) electrons. The van der Waals surface area contributed by atoms with Gasteiger partial charge in [-0.2, -0.15) is 0 Å². The largest absolute Gasteiger partial charge is 0.392 e. The van der Waals surface area contributed by atoms with Gasteiger partial charge in [-0.25, -0.2) is 0 Å². The minimum Gasteiger partial charge on any atom is -0.392 e. The van der Waals surface area contributed by atoms with Crippen LogP contribution in [0.15, 0.2) is 30.5 Å². The van der Waals surface area contributed by atoms with E-state index in [0.717, 1.165) is 18.5 Å². The van der Waals surface area contributed by atoms with Gasteiger partial charge in [-0.3, -0.25) is 0 Å². The molecule has 0 spiro atoms. The summed E-state index contributed by atoms with van der Waals surface area (Å²) in [6, 6.07) is 8.21. The maximum atomic E-state index is 9.20. The maximum Gasteiger partial charge on any atom is 0.0702 e. The van der Waals surface area contributed by atoms with Gasteiger partial charge in [-0.1, -0.05) is 25.1 Å². The van der Waals surface area contributed by atoms with Crippen molar-refractivity contribution in [3.05, 3.63) is 36.0 Å². The lowest BCUT2D eigenvalue weighted by Gasteiger charge is -2.01. The normalized spacial score (nSPS) is 11.0. The van der Waals surface area contributed by atoms with E-state index in [0.29, 0.717) is 0 Å². The SMILES string of the molecule is CCCn1cc(CO)c2ccccc21. The van der Waals surface area contributed by atoms with E-state index in [-0.39, 0.29) is 6.61 Å². The minimum absolute atomic E-state index is 0.122. The molecule has 0 saturated heterocycles. The van der Waals surface area contributed by atoms with Crippen LogP contribution in [-0.2, 0) is 13.2 Å². The Kier molecular flexibility index (Phi) is 2.55. The topological polar surface area (TPSA) is 25.2 Å². The molecule has 0 bridgehead atoms. The molecule has 74 valence electrons. The van der Waals surface area contributed by atoms with Crippen LogP contribution >= 0.6 is 0 Å². The van der Waals surface area contributed by atoms with Crippen molar-refractivity contribution in [2.24, 2.45) is 0 Å². The molecule has 0 atom stereocenters. The molecule has 0 aliphatic carbocycles. The van der Waals surface area contributed by atoms with Crippen LogP contribution in [0.2, 0.25) is 0 Å². The van der Waals surface area contributed by atoms with Gasteiger partial charge in [0.1, 0.15) is 0 Å². The van der Waals surface area contributed by atoms with Crippen molar-refractivity contribution in [1.82, 2.24) is 4.57 Å². The van der Waals surface area contributed by atoms with Crippen LogP contribution in [0.5, 0.6) is 0 Å². The number of rotatable bonds is 3. The van der Waals surface area contributed by atoms with Crippen molar-refractivity contribution < 1.29 is 5.11 Å². The molecule has 1 heterocycles. The van der Waals surface area contributed by atoms with Crippen molar-refractivity contribution in [3.8, 4) is 0 Å². The third-order valence-electron chi connectivity index (χ3n) is 2.51. The van der Waals surface area contributed by atoms with Crippen LogP contribution < -0.4 is 0 Å². The molecule has 1 N–H and O–H groups in total. The molecule has 14 heavy (non-hydrogen) atoms. The summed E-state index contributed by atoms with van der Waals surface area (Å²) in [5, 5.41) is 10.4. The number of fused-ring (bicyclic) bond motifs is 1. The molecule has 0 fully saturated rings. The number of para-hydroxylation sites is 1. The van der Waals surface area contributed by atoms with Gasteiger partial charge < -0.3 is 9.67 Å². The standard InChI is InChI=1S/C12H15NO/c1-2-7-13-8-10(9-14)11-5-3-4-6-12(11)13/h3-6,8,14H,2,7,9H2,1H3. The van der Waals surface area contributed by atoms with E-state index in [1.165, 1.54) is 10.9 Å². The van der Waals surface area contributed by atoms with Crippen LogP contribution in [0.4, 0.5) is 0 Å². The number of aliphatic hydroxyl groups excluding tert-OH is 1. The zero-order chi connectivity index (χ0) is 9.97. The van der Waals surface area contributed by atoms with Crippen molar-refractivity contribution in [1.29, 1.82) is 0 Å². The van der Waals surface area contributed by atoms with Crippen molar-refractivity contribution in [3.63, 3.8) is 0 Å². The molecule has 2 aromatic rings. The maximum absolute atomic E-state index is 9.20. The summed E-state index contributed by atoms with van der Waals surface area (Å²) in [5.41, 5.74) is 2.24. The molecule has 1 aromatic heterocycles. The number of aromatic nitrogens is 1. The molecule has 0 aliphatic heterocycles. The summed E-state index contributed by atoms with van der Waals surface area (Å²) in [7, 11) is 0. The first kappa shape index (κ1) is 9.28. The second-order valence-electron chi connectivity index (χ2n) is 3.52. The molecule has 0 saturated carbocycles. The summed E-state index contributed by atoms with van der Waals surface area (Å²) in [4.78, 5) is 0. The fourth-order valence-corrected chi connectivity index (χ4v) is 1.87. The summed E-state index contributed by atoms with van der Waals surface area (Å²) in [6.45, 7) is 3.30. The Labute approximate surface area is 83.8 Å². The number of hydrogen-bond donors (Lipinski definition) is 1. The predicted molar refractivity (Wildman–Crippen MR) is 58.2 cm³/mol. The molecule has 2 rings (SSSR count). The van der Waals surface area contributed by atoms with E-state index < -0.39 is 0 Å². The first-order valence-electron chi connectivity index (χ1n) is 5.04. The Balaban J connectivity index is 2.61. The summed E-state index contributed by atoms with van der Waals surface area (Å²) in [6.07, 6.45) is 3.16. The van der Waals surface area contributed by atoms with E-state index in [1.807, 2.05) is 18.3 Å². The number of nitrogens with zero attached hydrogens (tertiary/aromatic N) is 1. The van der Waals surface area contributed by atoms with E-state index in [2.05, 4.69) is 23.6 Å². The quantitative estimate of drug-likeness (QED) is 0.788. The smallest absolute Gasteiger partial charge is 0.0702 e. The van der Waals surface area contributed by atoms with E-state index >= 15 is 0 Å². The van der Waals surface area contributed by atoms with Crippen molar-refractivity contribution in [2.75, 3.05) is 0 Å². The zero-order valence-electron chi connectivity index (χ0n) is 8.40. The monoisotopic (exact) mass is 189 g/mol. The Bertz CT molecular complexity index is 431. The first-order chi connectivity index (χ1) is 6.86. The van der Waals surface area contributed by atoms with Crippen molar-refractivity contribution in [2.45, 2.75) is 26.5 Å². The third-order valence-corrected chi connectivity index (χ3v) is 2.51. The molecule has 2 heteroatoms. The zero-order valence-corrected chi connectivity index (χ0v) is 8.40. The Morgan fingerprint density at radius 2 is 2.07 bits per heavy atom. The number of benzene rings is 1. The molecular weight excluding hydrogens is 174 g/mol. The van der Waals surface area contributed by atoms with Gasteiger partial charge >= 0.3 is 0 Å². The Morgan fingerprint density at radius 1 is 1.29 bits per heavy atom. The molecule has 1 aromatic carbocycles. The lowest BCUT2D eigenvalue weighted by Crippen LogP contribution is -1.93. The van der Waals surface area contributed by atoms with Crippen LogP contribution in [0.25, 0.3) is 10.9 Å². The fraction of sp³-hybridized carbons (Fsp3) is 0.333. The van der Waals surface area contributed by atoms with Gasteiger partial charge in [0, 0.05) is 29.2 Å². The minimum atomic E-state index is 0.122.